The second kappa shape index (κ2) is 9.54. The number of carbonyl (C=O) groups is 2. The summed E-state index contributed by atoms with van der Waals surface area (Å²) < 4.78 is 0. The van der Waals surface area contributed by atoms with E-state index in [1.807, 2.05) is 84.9 Å². The molecular formula is C29H23ClN2O2. The van der Waals surface area contributed by atoms with Crippen LogP contribution in [0.15, 0.2) is 103 Å². The average Bonchev–Trinajstić information content (AvgIpc) is 2.96. The predicted octanol–water partition coefficient (Wildman–Crippen LogP) is 6.21. The van der Waals surface area contributed by atoms with Gasteiger partial charge in [0, 0.05) is 18.0 Å². The molecule has 1 aliphatic rings. The molecule has 1 unspecified atom stereocenters. The number of benzene rings is 4. The summed E-state index contributed by atoms with van der Waals surface area (Å²) in [5.74, 6) is -0.345. The van der Waals surface area contributed by atoms with Crippen molar-refractivity contribution in [1.29, 1.82) is 0 Å². The minimum atomic E-state index is -0.638. The van der Waals surface area contributed by atoms with E-state index in [9.17, 15) is 9.59 Å². The second-order valence-corrected chi connectivity index (χ2v) is 8.82. The van der Waals surface area contributed by atoms with Crippen LogP contribution in [0.1, 0.15) is 21.5 Å². The molecule has 0 aliphatic carbocycles. The lowest BCUT2D eigenvalue weighted by atomic mass is 10.0. The van der Waals surface area contributed by atoms with Gasteiger partial charge in [-0.1, -0.05) is 84.4 Å². The molecule has 0 radical (unpaired) electrons. The Labute approximate surface area is 203 Å². The number of carbonyl (C=O) groups excluding carboxylic acids is 2. The molecule has 1 aliphatic heterocycles. The number of halogens is 1. The number of fused-ring (bicyclic) bond motifs is 1. The molecule has 0 saturated heterocycles. The Balaban J connectivity index is 1.52. The van der Waals surface area contributed by atoms with Crippen LogP contribution in [0.25, 0.3) is 11.1 Å². The molecule has 0 spiro atoms. The third kappa shape index (κ3) is 4.59. The molecule has 4 aromatic rings. The van der Waals surface area contributed by atoms with Crippen molar-refractivity contribution in [2.24, 2.45) is 0 Å². The Morgan fingerprint density at radius 3 is 2.24 bits per heavy atom. The summed E-state index contributed by atoms with van der Waals surface area (Å²) in [6.45, 7) is 0.319. The van der Waals surface area contributed by atoms with Crippen LogP contribution in [0.4, 0.5) is 5.69 Å². The van der Waals surface area contributed by atoms with E-state index in [2.05, 4.69) is 11.4 Å². The highest BCUT2D eigenvalue weighted by Gasteiger charge is 2.35. The summed E-state index contributed by atoms with van der Waals surface area (Å²) in [5, 5.41) is 3.65. The van der Waals surface area contributed by atoms with Crippen LogP contribution in [-0.4, -0.2) is 22.8 Å². The number of nitrogens with one attached hydrogen (secondary N) is 1. The number of hydrogen-bond acceptors (Lipinski definition) is 2. The lowest BCUT2D eigenvalue weighted by Crippen LogP contribution is -2.46. The van der Waals surface area contributed by atoms with Crippen molar-refractivity contribution in [2.45, 2.75) is 19.0 Å². The molecule has 4 nitrogen and oxygen atoms in total. The molecule has 0 fully saturated rings. The SMILES string of the molecule is O=C1Nc2ccccc2C(=O)N(Cc2cccc(-c3ccc(Cl)cc3)c2)C1Cc1ccccc1. The van der Waals surface area contributed by atoms with Gasteiger partial charge in [-0.15, -0.1) is 0 Å². The first-order valence-electron chi connectivity index (χ1n) is 11.2. The largest absolute Gasteiger partial charge is 0.324 e. The molecule has 4 aromatic carbocycles. The molecule has 34 heavy (non-hydrogen) atoms. The van der Waals surface area contributed by atoms with Crippen molar-refractivity contribution >= 4 is 29.1 Å². The first-order chi connectivity index (χ1) is 16.6. The van der Waals surface area contributed by atoms with Crippen LogP contribution in [0.2, 0.25) is 5.02 Å². The molecule has 2 amide bonds. The van der Waals surface area contributed by atoms with Gasteiger partial charge < -0.3 is 10.2 Å². The quantitative estimate of drug-likeness (QED) is 0.380. The molecule has 0 bridgehead atoms. The van der Waals surface area contributed by atoms with Crippen molar-refractivity contribution in [3.63, 3.8) is 0 Å². The van der Waals surface area contributed by atoms with Gasteiger partial charge in [0.2, 0.25) is 5.91 Å². The zero-order chi connectivity index (χ0) is 23.5. The number of hydrogen-bond donors (Lipinski definition) is 1. The minimum absolute atomic E-state index is 0.160. The molecule has 1 N–H and O–H groups in total. The zero-order valence-electron chi connectivity index (χ0n) is 18.4. The maximum Gasteiger partial charge on any atom is 0.256 e. The molecular weight excluding hydrogens is 444 g/mol. The van der Waals surface area contributed by atoms with E-state index in [0.29, 0.717) is 29.2 Å². The van der Waals surface area contributed by atoms with Crippen LogP contribution >= 0.6 is 11.6 Å². The monoisotopic (exact) mass is 466 g/mol. The Kier molecular flexibility index (Phi) is 6.15. The van der Waals surface area contributed by atoms with Gasteiger partial charge in [0.15, 0.2) is 0 Å². The van der Waals surface area contributed by atoms with E-state index in [1.165, 1.54) is 0 Å². The molecule has 1 heterocycles. The van der Waals surface area contributed by atoms with Gasteiger partial charge in [0.1, 0.15) is 6.04 Å². The minimum Gasteiger partial charge on any atom is -0.324 e. The summed E-state index contributed by atoms with van der Waals surface area (Å²) in [4.78, 5) is 28.7. The van der Waals surface area contributed by atoms with Gasteiger partial charge in [-0.25, -0.2) is 0 Å². The Morgan fingerprint density at radius 1 is 0.735 bits per heavy atom. The van der Waals surface area contributed by atoms with E-state index in [-0.39, 0.29) is 11.8 Å². The van der Waals surface area contributed by atoms with Crippen molar-refractivity contribution in [3.05, 3.63) is 125 Å². The summed E-state index contributed by atoms with van der Waals surface area (Å²) in [7, 11) is 0. The van der Waals surface area contributed by atoms with E-state index in [4.69, 9.17) is 11.6 Å². The fourth-order valence-electron chi connectivity index (χ4n) is 4.34. The van der Waals surface area contributed by atoms with Crippen LogP contribution in [-0.2, 0) is 17.8 Å². The summed E-state index contributed by atoms with van der Waals surface area (Å²) in [6.07, 6.45) is 0.434. The van der Waals surface area contributed by atoms with E-state index >= 15 is 0 Å². The Bertz CT molecular complexity index is 1340. The standard InChI is InChI=1S/C29H23ClN2O2/c30-24-15-13-22(14-16-24)23-10-6-9-21(17-23)19-32-27(18-20-7-2-1-3-8-20)28(33)31-26-12-5-4-11-25(26)29(32)34/h1-17,27H,18-19H2,(H,31,33). The summed E-state index contributed by atoms with van der Waals surface area (Å²) in [6, 6.07) is 32.1. The van der Waals surface area contributed by atoms with Crippen molar-refractivity contribution < 1.29 is 9.59 Å². The van der Waals surface area contributed by atoms with E-state index in [0.717, 1.165) is 22.3 Å². The first-order valence-corrected chi connectivity index (χ1v) is 11.6. The van der Waals surface area contributed by atoms with E-state index < -0.39 is 6.04 Å². The number of nitrogens with zero attached hydrogens (tertiary/aromatic N) is 1. The smallest absolute Gasteiger partial charge is 0.256 e. The third-order valence-corrected chi connectivity index (χ3v) is 6.34. The van der Waals surface area contributed by atoms with Gasteiger partial charge in [-0.05, 0) is 52.6 Å². The fourth-order valence-corrected chi connectivity index (χ4v) is 4.47. The fraction of sp³-hybridized carbons (Fsp3) is 0.103. The molecule has 0 aromatic heterocycles. The Morgan fingerprint density at radius 2 is 1.44 bits per heavy atom. The van der Waals surface area contributed by atoms with Gasteiger partial charge in [0.25, 0.3) is 5.91 Å². The predicted molar refractivity (Wildman–Crippen MR) is 136 cm³/mol. The second-order valence-electron chi connectivity index (χ2n) is 8.38. The van der Waals surface area contributed by atoms with Gasteiger partial charge >= 0.3 is 0 Å². The number of amides is 2. The van der Waals surface area contributed by atoms with Gasteiger partial charge in [-0.3, -0.25) is 9.59 Å². The molecule has 0 saturated carbocycles. The van der Waals surface area contributed by atoms with Crippen LogP contribution in [0.5, 0.6) is 0 Å². The number of anilines is 1. The normalized spacial score (nSPS) is 15.4. The maximum absolute atomic E-state index is 13.7. The molecule has 1 atom stereocenters. The highest BCUT2D eigenvalue weighted by Crippen LogP contribution is 2.28. The number of rotatable bonds is 5. The highest BCUT2D eigenvalue weighted by molar-refractivity contribution is 6.30. The number of para-hydroxylation sites is 1. The van der Waals surface area contributed by atoms with Gasteiger partial charge in [-0.2, -0.15) is 0 Å². The summed E-state index contributed by atoms with van der Waals surface area (Å²) >= 11 is 6.05. The van der Waals surface area contributed by atoms with Crippen molar-refractivity contribution in [2.75, 3.05) is 5.32 Å². The van der Waals surface area contributed by atoms with E-state index in [1.54, 1.807) is 17.0 Å². The zero-order valence-corrected chi connectivity index (χ0v) is 19.2. The lowest BCUT2D eigenvalue weighted by molar-refractivity contribution is -0.120. The maximum atomic E-state index is 13.7. The van der Waals surface area contributed by atoms with Crippen LogP contribution in [0, 0.1) is 0 Å². The first kappa shape index (κ1) is 21.9. The lowest BCUT2D eigenvalue weighted by Gasteiger charge is -2.29. The highest BCUT2D eigenvalue weighted by atomic mass is 35.5. The molecule has 168 valence electrons. The molecule has 5 rings (SSSR count). The van der Waals surface area contributed by atoms with Crippen molar-refractivity contribution in [1.82, 2.24) is 4.90 Å². The molecule has 5 heteroatoms. The van der Waals surface area contributed by atoms with Gasteiger partial charge in [0.05, 0.1) is 11.3 Å². The van der Waals surface area contributed by atoms with Crippen LogP contribution in [0.3, 0.4) is 0 Å². The topological polar surface area (TPSA) is 49.4 Å². The Hall–Kier alpha value is -3.89. The van der Waals surface area contributed by atoms with Crippen molar-refractivity contribution in [3.8, 4) is 11.1 Å². The third-order valence-electron chi connectivity index (χ3n) is 6.08. The summed E-state index contributed by atoms with van der Waals surface area (Å²) in [5.41, 5.74) is 5.07. The van der Waals surface area contributed by atoms with Crippen LogP contribution < -0.4 is 5.32 Å². The average molecular weight is 467 g/mol.